The molecule has 120 valence electrons. The number of aliphatic carboxylic acids is 1. The maximum absolute atomic E-state index is 13.4. The monoisotopic (exact) mass is 349 g/mol. The molecule has 2 rings (SSSR count). The first-order valence-corrected chi connectivity index (χ1v) is 8.58. The van der Waals surface area contributed by atoms with E-state index in [2.05, 4.69) is 5.32 Å². The van der Waals surface area contributed by atoms with Crippen molar-refractivity contribution in [2.75, 3.05) is 11.5 Å². The van der Waals surface area contributed by atoms with Gasteiger partial charge in [0.25, 0.3) is 0 Å². The van der Waals surface area contributed by atoms with Gasteiger partial charge in [-0.25, -0.2) is 17.6 Å². The molecular formula is C13H13ClFNO5S. The smallest absolute Gasteiger partial charge is 0.330 e. The maximum Gasteiger partial charge on any atom is 0.330 e. The zero-order valence-corrected chi connectivity index (χ0v) is 12.8. The molecule has 0 spiro atoms. The summed E-state index contributed by atoms with van der Waals surface area (Å²) in [7, 11) is -3.26. The second kappa shape index (κ2) is 6.21. The van der Waals surface area contributed by atoms with Gasteiger partial charge in [-0.05, 0) is 24.1 Å². The fraction of sp³-hybridized carbons (Fsp3) is 0.385. The molecule has 1 heterocycles. The van der Waals surface area contributed by atoms with E-state index in [9.17, 15) is 27.5 Å². The van der Waals surface area contributed by atoms with Gasteiger partial charge in [-0.3, -0.25) is 4.79 Å². The molecule has 6 nitrogen and oxygen atoms in total. The molecule has 2 unspecified atom stereocenters. The summed E-state index contributed by atoms with van der Waals surface area (Å²) < 4.78 is 36.1. The quantitative estimate of drug-likeness (QED) is 0.849. The third-order valence-electron chi connectivity index (χ3n) is 3.41. The maximum atomic E-state index is 13.4. The first-order chi connectivity index (χ1) is 10.2. The number of carboxylic acids is 1. The minimum absolute atomic E-state index is 0.0172. The van der Waals surface area contributed by atoms with Crippen molar-refractivity contribution in [2.45, 2.75) is 12.5 Å². The predicted octanol–water partition coefficient (Wildman–Crippen LogP) is 1.16. The number of carbonyl (C=O) groups is 2. The summed E-state index contributed by atoms with van der Waals surface area (Å²) in [6, 6.07) is 1.93. The summed E-state index contributed by atoms with van der Waals surface area (Å²) >= 11 is 5.53. The number of carbonyl (C=O) groups excluding carboxylic acids is 1. The normalized spacial score (nSPS) is 21.3. The van der Waals surface area contributed by atoms with Gasteiger partial charge in [0.2, 0.25) is 5.91 Å². The lowest BCUT2D eigenvalue weighted by atomic mass is 10.0. The van der Waals surface area contributed by atoms with Gasteiger partial charge in [-0.2, -0.15) is 0 Å². The second-order valence-corrected chi connectivity index (χ2v) is 7.69. The minimum atomic E-state index is -3.26. The summed E-state index contributed by atoms with van der Waals surface area (Å²) in [6.45, 7) is 0. The van der Waals surface area contributed by atoms with Crippen molar-refractivity contribution in [2.24, 2.45) is 5.92 Å². The Hall–Kier alpha value is -1.67. The van der Waals surface area contributed by atoms with Crippen molar-refractivity contribution >= 4 is 33.3 Å². The van der Waals surface area contributed by atoms with E-state index in [1.807, 2.05) is 0 Å². The minimum Gasteiger partial charge on any atom is -0.479 e. The van der Waals surface area contributed by atoms with Crippen LogP contribution in [0.2, 0.25) is 5.02 Å². The van der Waals surface area contributed by atoms with Crippen molar-refractivity contribution in [3.05, 3.63) is 34.6 Å². The van der Waals surface area contributed by atoms with Crippen molar-refractivity contribution in [3.8, 4) is 0 Å². The van der Waals surface area contributed by atoms with Crippen molar-refractivity contribution in [1.29, 1.82) is 0 Å². The van der Waals surface area contributed by atoms with Crippen molar-refractivity contribution in [1.82, 2.24) is 5.32 Å². The Bertz CT molecular complexity index is 721. The van der Waals surface area contributed by atoms with Crippen LogP contribution < -0.4 is 5.32 Å². The molecule has 2 atom stereocenters. The highest BCUT2D eigenvalue weighted by Crippen LogP contribution is 2.23. The number of amides is 1. The fourth-order valence-electron chi connectivity index (χ4n) is 2.24. The number of hydrogen-bond donors (Lipinski definition) is 2. The third-order valence-corrected chi connectivity index (χ3v) is 5.49. The lowest BCUT2D eigenvalue weighted by Gasteiger charge is -2.17. The molecule has 1 aromatic rings. The molecule has 9 heteroatoms. The summed E-state index contributed by atoms with van der Waals surface area (Å²) in [5.41, 5.74) is 0.0172. The Morgan fingerprint density at radius 1 is 1.41 bits per heavy atom. The first-order valence-electron chi connectivity index (χ1n) is 6.38. The van der Waals surface area contributed by atoms with E-state index in [4.69, 9.17) is 11.6 Å². The molecule has 1 aliphatic heterocycles. The molecule has 2 N–H and O–H groups in total. The third kappa shape index (κ3) is 3.75. The van der Waals surface area contributed by atoms with E-state index in [0.717, 1.165) is 6.07 Å². The standard InChI is InChI=1S/C13H13ClFNO5S/c14-9-2-1-7(5-10(9)15)11(13(18)19)16-12(17)8-3-4-22(20,21)6-8/h1-2,5,8,11H,3-4,6H2,(H,16,17)(H,18,19). The number of benzene rings is 1. The SMILES string of the molecule is O=C(NC(C(=O)O)c1ccc(Cl)c(F)c1)C1CCS(=O)(=O)C1. The highest BCUT2D eigenvalue weighted by molar-refractivity contribution is 7.91. The number of rotatable bonds is 4. The average Bonchev–Trinajstić information content (AvgIpc) is 2.79. The van der Waals surface area contributed by atoms with E-state index in [-0.39, 0.29) is 28.5 Å². The van der Waals surface area contributed by atoms with Crippen LogP contribution in [0.3, 0.4) is 0 Å². The van der Waals surface area contributed by atoms with Crippen LogP contribution >= 0.6 is 11.6 Å². The molecule has 0 saturated carbocycles. The van der Waals surface area contributed by atoms with E-state index in [1.54, 1.807) is 0 Å². The van der Waals surface area contributed by atoms with Gasteiger partial charge in [0.1, 0.15) is 5.82 Å². The van der Waals surface area contributed by atoms with Crippen molar-refractivity contribution < 1.29 is 27.5 Å². The number of hydrogen-bond acceptors (Lipinski definition) is 4. The molecule has 1 aromatic carbocycles. The van der Waals surface area contributed by atoms with Gasteiger partial charge >= 0.3 is 5.97 Å². The van der Waals surface area contributed by atoms with Crippen LogP contribution in [0.25, 0.3) is 0 Å². The lowest BCUT2D eigenvalue weighted by Crippen LogP contribution is -2.38. The van der Waals surface area contributed by atoms with Gasteiger partial charge in [-0.15, -0.1) is 0 Å². The zero-order chi connectivity index (χ0) is 16.5. The van der Waals surface area contributed by atoms with Gasteiger partial charge < -0.3 is 10.4 Å². The Labute approximate surface area is 131 Å². The molecule has 0 bridgehead atoms. The van der Waals surface area contributed by atoms with Crippen LogP contribution in [0, 0.1) is 11.7 Å². The summed E-state index contributed by atoms with van der Waals surface area (Å²) in [4.78, 5) is 23.3. The molecule has 1 saturated heterocycles. The van der Waals surface area contributed by atoms with Crippen molar-refractivity contribution in [3.63, 3.8) is 0 Å². The highest BCUT2D eigenvalue weighted by Gasteiger charge is 2.35. The molecule has 22 heavy (non-hydrogen) atoms. The molecule has 1 aliphatic rings. The zero-order valence-electron chi connectivity index (χ0n) is 11.3. The number of sulfone groups is 1. The Balaban J connectivity index is 2.17. The summed E-state index contributed by atoms with van der Waals surface area (Å²) in [5, 5.41) is 11.3. The number of nitrogens with one attached hydrogen (secondary N) is 1. The number of carboxylic acid groups (broad SMARTS) is 1. The lowest BCUT2D eigenvalue weighted by molar-refractivity contribution is -0.142. The molecule has 0 aromatic heterocycles. The van der Waals surface area contributed by atoms with Gasteiger partial charge in [-0.1, -0.05) is 17.7 Å². The Kier molecular flexibility index (Phi) is 4.72. The Morgan fingerprint density at radius 3 is 2.59 bits per heavy atom. The molecule has 0 radical (unpaired) electrons. The van der Waals surface area contributed by atoms with Gasteiger partial charge in [0.05, 0.1) is 22.4 Å². The van der Waals surface area contributed by atoms with Crippen LogP contribution in [0.15, 0.2) is 18.2 Å². The second-order valence-electron chi connectivity index (χ2n) is 5.05. The summed E-state index contributed by atoms with van der Waals surface area (Å²) in [6.07, 6.45) is 0.148. The Morgan fingerprint density at radius 2 is 2.09 bits per heavy atom. The van der Waals surface area contributed by atoms with Crippen LogP contribution in [0.5, 0.6) is 0 Å². The van der Waals surface area contributed by atoms with Crippen LogP contribution in [0.1, 0.15) is 18.0 Å². The fourth-order valence-corrected chi connectivity index (χ4v) is 4.10. The van der Waals surface area contributed by atoms with E-state index in [1.165, 1.54) is 12.1 Å². The highest BCUT2D eigenvalue weighted by atomic mass is 35.5. The van der Waals surface area contributed by atoms with E-state index < -0.39 is 39.5 Å². The van der Waals surface area contributed by atoms with Gasteiger partial charge in [0.15, 0.2) is 15.9 Å². The van der Waals surface area contributed by atoms with E-state index >= 15 is 0 Å². The van der Waals surface area contributed by atoms with Gasteiger partial charge in [0, 0.05) is 0 Å². The molecule has 0 aliphatic carbocycles. The summed E-state index contributed by atoms with van der Waals surface area (Å²) in [5.74, 6) is -4.05. The predicted molar refractivity (Wildman–Crippen MR) is 76.7 cm³/mol. The van der Waals surface area contributed by atoms with Crippen LogP contribution in [-0.4, -0.2) is 36.9 Å². The molecular weight excluding hydrogens is 337 g/mol. The first kappa shape index (κ1) is 16.7. The molecule has 1 fully saturated rings. The van der Waals surface area contributed by atoms with Crippen LogP contribution in [-0.2, 0) is 19.4 Å². The number of halogens is 2. The molecule has 1 amide bonds. The average molecular weight is 350 g/mol. The largest absolute Gasteiger partial charge is 0.479 e. The van der Waals surface area contributed by atoms with Crippen LogP contribution in [0.4, 0.5) is 4.39 Å². The van der Waals surface area contributed by atoms with E-state index in [0.29, 0.717) is 0 Å². The topological polar surface area (TPSA) is 101 Å².